The molecule has 1 N–H and O–H groups in total. The van der Waals surface area contributed by atoms with Crippen LogP contribution in [0.1, 0.15) is 24.1 Å². The van der Waals surface area contributed by atoms with Crippen molar-refractivity contribution in [1.29, 1.82) is 0 Å². The van der Waals surface area contributed by atoms with E-state index in [1.165, 1.54) is 42.9 Å². The van der Waals surface area contributed by atoms with Gasteiger partial charge in [0.2, 0.25) is 0 Å². The van der Waals surface area contributed by atoms with E-state index in [9.17, 15) is 0 Å². The van der Waals surface area contributed by atoms with E-state index >= 15 is 0 Å². The lowest BCUT2D eigenvalue weighted by atomic mass is 10.1. The molecule has 0 radical (unpaired) electrons. The Labute approximate surface area is 134 Å². The number of nitrogens with zero attached hydrogens (tertiary/aromatic N) is 2. The van der Waals surface area contributed by atoms with Gasteiger partial charge < -0.3 is 10.2 Å². The number of halogens is 1. The Morgan fingerprint density at radius 1 is 1.19 bits per heavy atom. The molecule has 4 heteroatoms. The van der Waals surface area contributed by atoms with Crippen LogP contribution in [0, 0.1) is 6.92 Å². The fourth-order valence-corrected chi connectivity index (χ4v) is 3.13. The summed E-state index contributed by atoms with van der Waals surface area (Å²) in [7, 11) is 0. The summed E-state index contributed by atoms with van der Waals surface area (Å²) in [5.41, 5.74) is 4.85. The number of rotatable bonds is 4. The highest BCUT2D eigenvalue weighted by molar-refractivity contribution is 9.10. The van der Waals surface area contributed by atoms with Crippen LogP contribution in [-0.2, 0) is 6.54 Å². The van der Waals surface area contributed by atoms with Crippen LogP contribution in [0.15, 0.2) is 41.0 Å². The van der Waals surface area contributed by atoms with Gasteiger partial charge in [0.25, 0.3) is 0 Å². The minimum Gasteiger partial charge on any atom is -0.379 e. The van der Waals surface area contributed by atoms with E-state index in [1.807, 2.05) is 18.2 Å². The molecule has 0 bridgehead atoms. The van der Waals surface area contributed by atoms with Crippen LogP contribution < -0.4 is 10.2 Å². The minimum absolute atomic E-state index is 0.739. The third-order valence-electron chi connectivity index (χ3n) is 3.91. The molecule has 110 valence electrons. The second-order valence-corrected chi connectivity index (χ2v) is 6.31. The molecule has 0 amide bonds. The van der Waals surface area contributed by atoms with Gasteiger partial charge in [0, 0.05) is 24.5 Å². The highest BCUT2D eigenvalue weighted by Gasteiger charge is 2.12. The summed E-state index contributed by atoms with van der Waals surface area (Å²) in [6.45, 7) is 5.28. The Kier molecular flexibility index (Phi) is 4.44. The zero-order chi connectivity index (χ0) is 14.7. The molecule has 1 fully saturated rings. The highest BCUT2D eigenvalue weighted by atomic mass is 79.9. The maximum atomic E-state index is 4.44. The number of aromatic nitrogens is 1. The van der Waals surface area contributed by atoms with Crippen molar-refractivity contribution >= 4 is 27.3 Å². The first kappa shape index (κ1) is 14.4. The quantitative estimate of drug-likeness (QED) is 0.834. The molecule has 1 aromatic heterocycles. The number of hydrogen-bond acceptors (Lipinski definition) is 3. The Morgan fingerprint density at radius 2 is 2.00 bits per heavy atom. The second kappa shape index (κ2) is 6.48. The van der Waals surface area contributed by atoms with Crippen molar-refractivity contribution in [1.82, 2.24) is 4.98 Å². The molecule has 2 heterocycles. The molecule has 1 saturated heterocycles. The molecular formula is C17H20BrN3. The second-order valence-electron chi connectivity index (χ2n) is 5.50. The van der Waals surface area contributed by atoms with Gasteiger partial charge in [-0.25, -0.2) is 4.98 Å². The van der Waals surface area contributed by atoms with Crippen LogP contribution in [0.3, 0.4) is 0 Å². The highest BCUT2D eigenvalue weighted by Crippen LogP contribution is 2.25. The summed E-state index contributed by atoms with van der Waals surface area (Å²) >= 11 is 3.41. The molecule has 2 aromatic rings. The van der Waals surface area contributed by atoms with Gasteiger partial charge in [-0.05, 0) is 71.6 Å². The lowest BCUT2D eigenvalue weighted by Gasteiger charge is -2.19. The number of anilines is 2. The lowest BCUT2D eigenvalue weighted by Crippen LogP contribution is -2.17. The van der Waals surface area contributed by atoms with E-state index in [-0.39, 0.29) is 0 Å². The van der Waals surface area contributed by atoms with E-state index in [4.69, 9.17) is 0 Å². The van der Waals surface area contributed by atoms with Crippen molar-refractivity contribution in [2.75, 3.05) is 23.3 Å². The van der Waals surface area contributed by atoms with Crippen molar-refractivity contribution in [2.24, 2.45) is 0 Å². The smallest absolute Gasteiger partial charge is 0.106 e. The van der Waals surface area contributed by atoms with Crippen LogP contribution in [0.2, 0.25) is 0 Å². The Hall–Kier alpha value is -1.55. The van der Waals surface area contributed by atoms with E-state index in [1.54, 1.807) is 0 Å². The standard InChI is InChI=1S/C17H20BrN3/c1-13-11-15(21-9-2-3-10-21)7-8-16(13)19-12-14-5-4-6-17(18)20-14/h4-8,11,19H,2-3,9-10,12H2,1H3. The zero-order valence-corrected chi connectivity index (χ0v) is 13.9. The monoisotopic (exact) mass is 345 g/mol. The van der Waals surface area contributed by atoms with Crippen LogP contribution in [-0.4, -0.2) is 18.1 Å². The Morgan fingerprint density at radius 3 is 2.71 bits per heavy atom. The number of nitrogens with one attached hydrogen (secondary N) is 1. The van der Waals surface area contributed by atoms with Crippen molar-refractivity contribution < 1.29 is 0 Å². The number of hydrogen-bond donors (Lipinski definition) is 1. The number of pyridine rings is 1. The van der Waals surface area contributed by atoms with Crippen LogP contribution in [0.25, 0.3) is 0 Å². The molecule has 0 unspecified atom stereocenters. The van der Waals surface area contributed by atoms with Crippen LogP contribution in [0.4, 0.5) is 11.4 Å². The molecule has 0 saturated carbocycles. The van der Waals surface area contributed by atoms with Crippen molar-refractivity contribution in [3.05, 3.63) is 52.3 Å². The Balaban J connectivity index is 1.68. The SMILES string of the molecule is Cc1cc(N2CCCC2)ccc1NCc1cccc(Br)n1. The number of benzene rings is 1. The van der Waals surface area contributed by atoms with Gasteiger partial charge in [-0.1, -0.05) is 6.07 Å². The van der Waals surface area contributed by atoms with Crippen LogP contribution in [0.5, 0.6) is 0 Å². The Bertz CT molecular complexity index is 621. The maximum absolute atomic E-state index is 4.44. The lowest BCUT2D eigenvalue weighted by molar-refractivity contribution is 0.949. The molecule has 1 aromatic carbocycles. The van der Waals surface area contributed by atoms with E-state index in [0.29, 0.717) is 0 Å². The molecular weight excluding hydrogens is 326 g/mol. The summed E-state index contributed by atoms with van der Waals surface area (Å²) in [6.07, 6.45) is 2.63. The fraction of sp³-hybridized carbons (Fsp3) is 0.353. The molecule has 1 aliphatic rings. The van der Waals surface area contributed by atoms with E-state index in [2.05, 4.69) is 56.3 Å². The average molecular weight is 346 g/mol. The third-order valence-corrected chi connectivity index (χ3v) is 4.36. The zero-order valence-electron chi connectivity index (χ0n) is 12.3. The van der Waals surface area contributed by atoms with Crippen molar-refractivity contribution in [3.63, 3.8) is 0 Å². The predicted octanol–water partition coefficient (Wildman–Crippen LogP) is 4.36. The first-order valence-electron chi connectivity index (χ1n) is 7.43. The molecule has 3 rings (SSSR count). The predicted molar refractivity (Wildman–Crippen MR) is 91.9 cm³/mol. The summed E-state index contributed by atoms with van der Waals surface area (Å²) in [6, 6.07) is 12.7. The van der Waals surface area contributed by atoms with Gasteiger partial charge in [-0.3, -0.25) is 0 Å². The first-order chi connectivity index (χ1) is 10.2. The van der Waals surface area contributed by atoms with Gasteiger partial charge in [0.1, 0.15) is 4.60 Å². The van der Waals surface area contributed by atoms with Gasteiger partial charge in [0.15, 0.2) is 0 Å². The molecule has 1 aliphatic heterocycles. The van der Waals surface area contributed by atoms with Crippen molar-refractivity contribution in [3.8, 4) is 0 Å². The van der Waals surface area contributed by atoms with E-state index < -0.39 is 0 Å². The van der Waals surface area contributed by atoms with E-state index in [0.717, 1.165) is 16.8 Å². The average Bonchev–Trinajstić information content (AvgIpc) is 3.00. The fourth-order valence-electron chi connectivity index (χ4n) is 2.75. The largest absolute Gasteiger partial charge is 0.379 e. The molecule has 21 heavy (non-hydrogen) atoms. The number of aryl methyl sites for hydroxylation is 1. The summed E-state index contributed by atoms with van der Waals surface area (Å²) < 4.78 is 0.878. The first-order valence-corrected chi connectivity index (χ1v) is 8.22. The molecule has 0 aliphatic carbocycles. The van der Waals surface area contributed by atoms with Gasteiger partial charge in [-0.2, -0.15) is 0 Å². The summed E-state index contributed by atoms with van der Waals surface area (Å²) in [5, 5.41) is 3.47. The molecule has 3 nitrogen and oxygen atoms in total. The summed E-state index contributed by atoms with van der Waals surface area (Å²) in [4.78, 5) is 6.91. The van der Waals surface area contributed by atoms with Gasteiger partial charge in [-0.15, -0.1) is 0 Å². The van der Waals surface area contributed by atoms with Crippen molar-refractivity contribution in [2.45, 2.75) is 26.3 Å². The summed E-state index contributed by atoms with van der Waals surface area (Å²) in [5.74, 6) is 0. The molecule has 0 atom stereocenters. The third kappa shape index (κ3) is 3.56. The minimum atomic E-state index is 0.739. The van der Waals surface area contributed by atoms with Gasteiger partial charge in [0.05, 0.1) is 12.2 Å². The topological polar surface area (TPSA) is 28.2 Å². The molecule has 0 spiro atoms. The normalized spacial score (nSPS) is 14.5. The van der Waals surface area contributed by atoms with Gasteiger partial charge >= 0.3 is 0 Å². The van der Waals surface area contributed by atoms with Crippen LogP contribution >= 0.6 is 15.9 Å². The maximum Gasteiger partial charge on any atom is 0.106 e.